The summed E-state index contributed by atoms with van der Waals surface area (Å²) in [5.74, 6) is -1.50. The summed E-state index contributed by atoms with van der Waals surface area (Å²) in [6.45, 7) is 4.13. The van der Waals surface area contributed by atoms with Crippen molar-refractivity contribution in [2.45, 2.75) is 20.4 Å². The molecule has 0 aliphatic heterocycles. The standard InChI is InChI=1S/C11H16N2O3S/c1-7-3-4-17-9(7)6-13-11(16)12-5-8(2)10(14)15/h3-4,8H,5-6H2,1-2H3,(H,14,15)(H2,12,13,16). The summed E-state index contributed by atoms with van der Waals surface area (Å²) in [5.41, 5.74) is 1.15. The fourth-order valence-corrected chi connectivity index (χ4v) is 1.99. The van der Waals surface area contributed by atoms with Gasteiger partial charge in [0.2, 0.25) is 0 Å². The van der Waals surface area contributed by atoms with Gasteiger partial charge in [0.15, 0.2) is 0 Å². The summed E-state index contributed by atoms with van der Waals surface area (Å²) in [6.07, 6.45) is 0. The minimum Gasteiger partial charge on any atom is -0.481 e. The number of amides is 2. The van der Waals surface area contributed by atoms with Crippen molar-refractivity contribution in [1.29, 1.82) is 0 Å². The number of carboxylic acids is 1. The normalized spacial score (nSPS) is 11.9. The SMILES string of the molecule is Cc1ccsc1CNC(=O)NCC(C)C(=O)O. The van der Waals surface area contributed by atoms with Crippen LogP contribution in [0.15, 0.2) is 11.4 Å². The number of nitrogens with one attached hydrogen (secondary N) is 2. The first-order valence-corrected chi connectivity index (χ1v) is 6.16. The van der Waals surface area contributed by atoms with E-state index >= 15 is 0 Å². The smallest absolute Gasteiger partial charge is 0.315 e. The number of urea groups is 1. The fraction of sp³-hybridized carbons (Fsp3) is 0.455. The molecule has 5 nitrogen and oxygen atoms in total. The Hall–Kier alpha value is -1.56. The second-order valence-corrected chi connectivity index (χ2v) is 4.83. The highest BCUT2D eigenvalue weighted by Crippen LogP contribution is 2.14. The van der Waals surface area contributed by atoms with Crippen molar-refractivity contribution < 1.29 is 14.7 Å². The summed E-state index contributed by atoms with van der Waals surface area (Å²) in [4.78, 5) is 23.0. The van der Waals surface area contributed by atoms with Gasteiger partial charge in [0.1, 0.15) is 0 Å². The molecule has 3 N–H and O–H groups in total. The third-order valence-electron chi connectivity index (χ3n) is 2.37. The first kappa shape index (κ1) is 13.5. The number of carbonyl (C=O) groups excluding carboxylic acids is 1. The topological polar surface area (TPSA) is 78.4 Å². The Labute approximate surface area is 104 Å². The van der Waals surface area contributed by atoms with Gasteiger partial charge in [-0.2, -0.15) is 0 Å². The van der Waals surface area contributed by atoms with Gasteiger partial charge < -0.3 is 15.7 Å². The van der Waals surface area contributed by atoms with Crippen molar-refractivity contribution in [2.75, 3.05) is 6.54 Å². The summed E-state index contributed by atoms with van der Waals surface area (Å²) < 4.78 is 0. The van der Waals surface area contributed by atoms with Crippen LogP contribution in [0.5, 0.6) is 0 Å². The zero-order valence-corrected chi connectivity index (χ0v) is 10.6. The summed E-state index contributed by atoms with van der Waals surface area (Å²) in [5, 5.41) is 15.8. The minimum atomic E-state index is -0.917. The zero-order valence-electron chi connectivity index (χ0n) is 9.82. The van der Waals surface area contributed by atoms with Crippen LogP contribution in [0.3, 0.4) is 0 Å². The van der Waals surface area contributed by atoms with Crippen molar-refractivity contribution in [3.8, 4) is 0 Å². The predicted octanol–water partition coefficient (Wildman–Crippen LogP) is 1.58. The number of hydrogen-bond donors (Lipinski definition) is 3. The molecule has 0 aliphatic carbocycles. The predicted molar refractivity (Wildman–Crippen MR) is 66.1 cm³/mol. The Morgan fingerprint density at radius 1 is 1.47 bits per heavy atom. The van der Waals surface area contributed by atoms with E-state index in [0.29, 0.717) is 6.54 Å². The number of carboxylic acid groups (broad SMARTS) is 1. The van der Waals surface area contributed by atoms with Gasteiger partial charge in [0, 0.05) is 11.4 Å². The van der Waals surface area contributed by atoms with Gasteiger partial charge in [-0.1, -0.05) is 6.92 Å². The molecular weight excluding hydrogens is 240 g/mol. The van der Waals surface area contributed by atoms with Crippen molar-refractivity contribution >= 4 is 23.3 Å². The number of thiophene rings is 1. The molecule has 1 heterocycles. The molecule has 1 aromatic rings. The lowest BCUT2D eigenvalue weighted by atomic mass is 10.2. The maximum atomic E-state index is 11.4. The van der Waals surface area contributed by atoms with E-state index in [4.69, 9.17) is 5.11 Å². The van der Waals surface area contributed by atoms with Gasteiger partial charge in [0.05, 0.1) is 12.5 Å². The molecule has 1 rings (SSSR count). The van der Waals surface area contributed by atoms with Crippen LogP contribution in [0.4, 0.5) is 4.79 Å². The first-order valence-electron chi connectivity index (χ1n) is 5.28. The Bertz CT molecular complexity index is 403. The minimum absolute atomic E-state index is 0.130. The lowest BCUT2D eigenvalue weighted by Gasteiger charge is -2.09. The molecule has 6 heteroatoms. The molecule has 0 bridgehead atoms. The lowest BCUT2D eigenvalue weighted by molar-refractivity contribution is -0.140. The van der Waals surface area contributed by atoms with Crippen LogP contribution >= 0.6 is 11.3 Å². The van der Waals surface area contributed by atoms with Crippen LogP contribution in [0.2, 0.25) is 0 Å². The monoisotopic (exact) mass is 256 g/mol. The van der Waals surface area contributed by atoms with E-state index in [0.717, 1.165) is 10.4 Å². The molecule has 0 saturated carbocycles. The Balaban J connectivity index is 2.27. The largest absolute Gasteiger partial charge is 0.481 e. The highest BCUT2D eigenvalue weighted by molar-refractivity contribution is 7.10. The molecule has 0 spiro atoms. The Morgan fingerprint density at radius 2 is 2.18 bits per heavy atom. The van der Waals surface area contributed by atoms with Crippen LogP contribution in [-0.2, 0) is 11.3 Å². The number of aryl methyl sites for hydroxylation is 1. The maximum Gasteiger partial charge on any atom is 0.315 e. The molecule has 94 valence electrons. The molecule has 0 aromatic carbocycles. The molecule has 0 aliphatic rings. The average Bonchev–Trinajstić information content (AvgIpc) is 2.68. The van der Waals surface area contributed by atoms with Crippen molar-refractivity contribution in [2.24, 2.45) is 5.92 Å². The third-order valence-corrected chi connectivity index (χ3v) is 3.39. The molecule has 1 unspecified atom stereocenters. The van der Waals surface area contributed by atoms with Gasteiger partial charge in [0.25, 0.3) is 0 Å². The van der Waals surface area contributed by atoms with E-state index in [1.54, 1.807) is 18.3 Å². The number of aliphatic carboxylic acids is 1. The van der Waals surface area contributed by atoms with Crippen LogP contribution in [0, 0.1) is 12.8 Å². The fourth-order valence-electron chi connectivity index (χ4n) is 1.14. The third kappa shape index (κ3) is 4.44. The second-order valence-electron chi connectivity index (χ2n) is 3.83. The first-order chi connectivity index (χ1) is 8.00. The van der Waals surface area contributed by atoms with Gasteiger partial charge in [-0.25, -0.2) is 4.79 Å². The summed E-state index contributed by atoms with van der Waals surface area (Å²) in [6, 6.07) is 1.65. The molecule has 17 heavy (non-hydrogen) atoms. The van der Waals surface area contributed by atoms with Crippen LogP contribution in [-0.4, -0.2) is 23.7 Å². The second kappa shape index (κ2) is 6.24. The van der Waals surface area contributed by atoms with E-state index in [9.17, 15) is 9.59 Å². The molecule has 1 aromatic heterocycles. The van der Waals surface area contributed by atoms with Crippen LogP contribution < -0.4 is 10.6 Å². The highest BCUT2D eigenvalue weighted by Gasteiger charge is 2.11. The molecule has 0 fully saturated rings. The van der Waals surface area contributed by atoms with Crippen molar-refractivity contribution in [1.82, 2.24) is 10.6 Å². The summed E-state index contributed by atoms with van der Waals surface area (Å²) >= 11 is 1.58. The molecule has 1 atom stereocenters. The molecule has 0 saturated heterocycles. The van der Waals surface area contributed by atoms with Crippen LogP contribution in [0.1, 0.15) is 17.4 Å². The van der Waals surface area contributed by atoms with E-state index < -0.39 is 11.9 Å². The molecular formula is C11H16N2O3S. The average molecular weight is 256 g/mol. The van der Waals surface area contributed by atoms with Crippen molar-refractivity contribution in [3.63, 3.8) is 0 Å². The summed E-state index contributed by atoms with van der Waals surface area (Å²) in [7, 11) is 0. The Kier molecular flexibility index (Phi) is 4.96. The van der Waals surface area contributed by atoms with E-state index in [1.165, 1.54) is 0 Å². The van der Waals surface area contributed by atoms with Gasteiger partial charge in [-0.05, 0) is 23.9 Å². The highest BCUT2D eigenvalue weighted by atomic mass is 32.1. The number of carbonyl (C=O) groups is 2. The van der Waals surface area contributed by atoms with E-state index in [1.807, 2.05) is 18.4 Å². The van der Waals surface area contributed by atoms with E-state index in [-0.39, 0.29) is 12.6 Å². The molecule has 2 amide bonds. The Morgan fingerprint density at radius 3 is 2.71 bits per heavy atom. The van der Waals surface area contributed by atoms with Crippen molar-refractivity contribution in [3.05, 3.63) is 21.9 Å². The number of rotatable bonds is 5. The zero-order chi connectivity index (χ0) is 12.8. The molecule has 0 radical (unpaired) electrons. The quantitative estimate of drug-likeness (QED) is 0.748. The maximum absolute atomic E-state index is 11.4. The van der Waals surface area contributed by atoms with Crippen LogP contribution in [0.25, 0.3) is 0 Å². The van der Waals surface area contributed by atoms with E-state index in [2.05, 4.69) is 10.6 Å². The van der Waals surface area contributed by atoms with Gasteiger partial charge >= 0.3 is 12.0 Å². The van der Waals surface area contributed by atoms with Gasteiger partial charge in [-0.15, -0.1) is 11.3 Å². The number of hydrogen-bond acceptors (Lipinski definition) is 3. The lowest BCUT2D eigenvalue weighted by Crippen LogP contribution is -2.38. The van der Waals surface area contributed by atoms with Gasteiger partial charge in [-0.3, -0.25) is 4.79 Å².